The third-order valence-corrected chi connectivity index (χ3v) is 3.64. The first-order valence-electron chi connectivity index (χ1n) is 5.69. The van der Waals surface area contributed by atoms with E-state index in [1.54, 1.807) is 6.07 Å². The number of ether oxygens (including phenoxy) is 2. The zero-order chi connectivity index (χ0) is 11.8. The Kier molecular flexibility index (Phi) is 3.17. The highest BCUT2D eigenvalue weighted by atomic mass is 35.5. The predicted octanol–water partition coefficient (Wildman–Crippen LogP) is 2.81. The van der Waals surface area contributed by atoms with Crippen LogP contribution < -0.4 is 10.1 Å². The summed E-state index contributed by atoms with van der Waals surface area (Å²) in [5, 5.41) is 4.78. The predicted molar refractivity (Wildman–Crippen MR) is 67.1 cm³/mol. The monoisotopic (exact) mass is 273 g/mol. The molecule has 0 amide bonds. The zero-order valence-electron chi connectivity index (χ0n) is 9.21. The van der Waals surface area contributed by atoms with E-state index in [0.717, 1.165) is 30.9 Å². The average molecular weight is 274 g/mol. The molecule has 1 fully saturated rings. The van der Waals surface area contributed by atoms with Crippen LogP contribution in [0.1, 0.15) is 18.0 Å². The van der Waals surface area contributed by atoms with Crippen molar-refractivity contribution < 1.29 is 9.47 Å². The third kappa shape index (κ3) is 2.25. The second kappa shape index (κ2) is 4.65. The van der Waals surface area contributed by atoms with Gasteiger partial charge < -0.3 is 14.8 Å². The van der Waals surface area contributed by atoms with Crippen molar-refractivity contribution in [3.8, 4) is 5.75 Å². The minimum Gasteiger partial charge on any atom is -0.492 e. The van der Waals surface area contributed by atoms with Gasteiger partial charge in [0.15, 0.2) is 0 Å². The van der Waals surface area contributed by atoms with Gasteiger partial charge in [-0.2, -0.15) is 0 Å². The van der Waals surface area contributed by atoms with E-state index < -0.39 is 0 Å². The average Bonchev–Trinajstić information content (AvgIpc) is 2.23. The standard InChI is InChI=1S/C12H13Cl2NO2/c13-7-3-9-11(15-8-5-16-6-8)1-2-17-12(9)10(14)4-7/h3-4,8,11,15H,1-2,5-6H2. The topological polar surface area (TPSA) is 30.5 Å². The van der Waals surface area contributed by atoms with Gasteiger partial charge in [-0.05, 0) is 12.1 Å². The fraction of sp³-hybridized carbons (Fsp3) is 0.500. The summed E-state index contributed by atoms with van der Waals surface area (Å²) in [4.78, 5) is 0. The summed E-state index contributed by atoms with van der Waals surface area (Å²) in [6.45, 7) is 2.24. The SMILES string of the molecule is Clc1cc(Cl)c2c(c1)C(NC1COC1)CCO2. The molecule has 0 aliphatic carbocycles. The summed E-state index contributed by atoms with van der Waals surface area (Å²) in [6, 6.07) is 4.34. The molecule has 3 nitrogen and oxygen atoms in total. The summed E-state index contributed by atoms with van der Waals surface area (Å²) in [6.07, 6.45) is 0.931. The number of hydrogen-bond acceptors (Lipinski definition) is 3. The number of fused-ring (bicyclic) bond motifs is 1. The molecule has 17 heavy (non-hydrogen) atoms. The Balaban J connectivity index is 1.89. The first-order valence-corrected chi connectivity index (χ1v) is 6.45. The molecule has 1 N–H and O–H groups in total. The van der Waals surface area contributed by atoms with Gasteiger partial charge in [0.1, 0.15) is 5.75 Å². The summed E-state index contributed by atoms with van der Waals surface area (Å²) in [5.74, 6) is 0.764. The lowest BCUT2D eigenvalue weighted by Crippen LogP contribution is -2.48. The molecule has 2 aliphatic rings. The molecule has 2 heterocycles. The summed E-state index contributed by atoms with van der Waals surface area (Å²) in [7, 11) is 0. The van der Waals surface area contributed by atoms with Crippen LogP contribution >= 0.6 is 23.2 Å². The third-order valence-electron chi connectivity index (χ3n) is 3.14. The van der Waals surface area contributed by atoms with E-state index >= 15 is 0 Å². The molecule has 2 aliphatic heterocycles. The van der Waals surface area contributed by atoms with Crippen LogP contribution in [0.3, 0.4) is 0 Å². The fourth-order valence-corrected chi connectivity index (χ4v) is 2.78. The number of nitrogens with one attached hydrogen (secondary N) is 1. The summed E-state index contributed by atoms with van der Waals surface area (Å²) in [5.41, 5.74) is 1.06. The lowest BCUT2D eigenvalue weighted by Gasteiger charge is -2.34. The summed E-state index contributed by atoms with van der Waals surface area (Å²) >= 11 is 12.2. The van der Waals surface area contributed by atoms with Gasteiger partial charge in [-0.25, -0.2) is 0 Å². The van der Waals surface area contributed by atoms with Crippen LogP contribution in [0.4, 0.5) is 0 Å². The molecule has 0 saturated carbocycles. The van der Waals surface area contributed by atoms with Crippen molar-refractivity contribution >= 4 is 23.2 Å². The van der Waals surface area contributed by atoms with Gasteiger partial charge in [-0.1, -0.05) is 23.2 Å². The molecular formula is C12H13Cl2NO2. The Morgan fingerprint density at radius 3 is 2.76 bits per heavy atom. The molecule has 0 bridgehead atoms. The molecular weight excluding hydrogens is 261 g/mol. The van der Waals surface area contributed by atoms with Gasteiger partial charge in [0, 0.05) is 23.0 Å². The lowest BCUT2D eigenvalue weighted by atomic mass is 9.99. The van der Waals surface area contributed by atoms with E-state index in [4.69, 9.17) is 32.7 Å². The largest absolute Gasteiger partial charge is 0.492 e. The van der Waals surface area contributed by atoms with Gasteiger partial charge in [0.05, 0.1) is 30.9 Å². The molecule has 1 aromatic rings. The molecule has 1 unspecified atom stereocenters. The number of rotatable bonds is 2. The highest BCUT2D eigenvalue weighted by Gasteiger charge is 2.28. The van der Waals surface area contributed by atoms with Crippen molar-refractivity contribution in [2.75, 3.05) is 19.8 Å². The molecule has 0 aromatic heterocycles. The Hall–Kier alpha value is -0.480. The van der Waals surface area contributed by atoms with Crippen LogP contribution in [0.25, 0.3) is 0 Å². The molecule has 1 aromatic carbocycles. The lowest BCUT2D eigenvalue weighted by molar-refractivity contribution is -0.0121. The van der Waals surface area contributed by atoms with E-state index in [-0.39, 0.29) is 6.04 Å². The first kappa shape index (κ1) is 11.6. The molecule has 92 valence electrons. The molecule has 1 saturated heterocycles. The van der Waals surface area contributed by atoms with E-state index in [1.165, 1.54) is 0 Å². The van der Waals surface area contributed by atoms with E-state index in [2.05, 4.69) is 5.32 Å². The van der Waals surface area contributed by atoms with Crippen molar-refractivity contribution in [2.45, 2.75) is 18.5 Å². The molecule has 5 heteroatoms. The maximum atomic E-state index is 6.14. The van der Waals surface area contributed by atoms with Crippen LogP contribution in [0.5, 0.6) is 5.75 Å². The molecule has 1 atom stereocenters. The van der Waals surface area contributed by atoms with Gasteiger partial charge in [0.2, 0.25) is 0 Å². The van der Waals surface area contributed by atoms with Gasteiger partial charge in [0.25, 0.3) is 0 Å². The van der Waals surface area contributed by atoms with Crippen LogP contribution in [0, 0.1) is 0 Å². The Morgan fingerprint density at radius 2 is 2.06 bits per heavy atom. The zero-order valence-corrected chi connectivity index (χ0v) is 10.7. The van der Waals surface area contributed by atoms with Crippen molar-refractivity contribution in [3.05, 3.63) is 27.7 Å². The quantitative estimate of drug-likeness (QED) is 0.899. The Labute approximate surface area is 110 Å². The highest BCUT2D eigenvalue weighted by Crippen LogP contribution is 2.40. The van der Waals surface area contributed by atoms with Crippen molar-refractivity contribution in [1.29, 1.82) is 0 Å². The maximum Gasteiger partial charge on any atom is 0.142 e. The number of benzene rings is 1. The second-order valence-corrected chi connectivity index (χ2v) is 5.24. The van der Waals surface area contributed by atoms with Crippen LogP contribution in [-0.2, 0) is 4.74 Å². The van der Waals surface area contributed by atoms with Crippen molar-refractivity contribution in [1.82, 2.24) is 5.32 Å². The van der Waals surface area contributed by atoms with E-state index in [0.29, 0.717) is 22.7 Å². The smallest absolute Gasteiger partial charge is 0.142 e. The van der Waals surface area contributed by atoms with E-state index in [9.17, 15) is 0 Å². The normalized spacial score (nSPS) is 23.8. The van der Waals surface area contributed by atoms with Gasteiger partial charge in [-0.3, -0.25) is 0 Å². The minimum absolute atomic E-state index is 0.254. The first-order chi connectivity index (χ1) is 8.24. The van der Waals surface area contributed by atoms with Crippen LogP contribution in [-0.4, -0.2) is 25.9 Å². The van der Waals surface area contributed by atoms with Crippen LogP contribution in [0.2, 0.25) is 10.0 Å². The minimum atomic E-state index is 0.254. The van der Waals surface area contributed by atoms with Crippen molar-refractivity contribution in [2.24, 2.45) is 0 Å². The van der Waals surface area contributed by atoms with Crippen molar-refractivity contribution in [3.63, 3.8) is 0 Å². The summed E-state index contributed by atoms with van der Waals surface area (Å²) < 4.78 is 10.8. The molecule has 0 spiro atoms. The number of hydrogen-bond donors (Lipinski definition) is 1. The van der Waals surface area contributed by atoms with Gasteiger partial charge in [-0.15, -0.1) is 0 Å². The highest BCUT2D eigenvalue weighted by molar-refractivity contribution is 6.35. The Morgan fingerprint density at radius 1 is 1.24 bits per heavy atom. The number of halogens is 2. The van der Waals surface area contributed by atoms with Crippen LogP contribution in [0.15, 0.2) is 12.1 Å². The fourth-order valence-electron chi connectivity index (χ4n) is 2.22. The maximum absolute atomic E-state index is 6.14. The van der Waals surface area contributed by atoms with Gasteiger partial charge >= 0.3 is 0 Å². The molecule has 0 radical (unpaired) electrons. The second-order valence-electron chi connectivity index (χ2n) is 4.40. The Bertz CT molecular complexity index is 435. The van der Waals surface area contributed by atoms with E-state index in [1.807, 2.05) is 6.07 Å². The molecule has 3 rings (SSSR count).